The summed E-state index contributed by atoms with van der Waals surface area (Å²) in [7, 11) is 0. The maximum absolute atomic E-state index is 4.79. The van der Waals surface area contributed by atoms with Gasteiger partial charge in [0.25, 0.3) is 0 Å². The van der Waals surface area contributed by atoms with Crippen molar-refractivity contribution < 1.29 is 0 Å². The summed E-state index contributed by atoms with van der Waals surface area (Å²) in [6.07, 6.45) is 1.88. The van der Waals surface area contributed by atoms with Gasteiger partial charge < -0.3 is 4.57 Å². The van der Waals surface area contributed by atoms with Crippen molar-refractivity contribution in [2.24, 2.45) is 0 Å². The maximum atomic E-state index is 4.79. The van der Waals surface area contributed by atoms with Crippen LogP contribution in [0.2, 0.25) is 0 Å². The second-order valence-electron chi connectivity index (χ2n) is 10.9. The molecule has 3 heterocycles. The molecule has 196 valence electrons. The van der Waals surface area contributed by atoms with Gasteiger partial charge in [-0.2, -0.15) is 0 Å². The van der Waals surface area contributed by atoms with Gasteiger partial charge in [0.2, 0.25) is 0 Å². The van der Waals surface area contributed by atoms with Crippen LogP contribution in [0.15, 0.2) is 152 Å². The monoisotopic (exact) mass is 535 g/mol. The van der Waals surface area contributed by atoms with Crippen molar-refractivity contribution in [2.45, 2.75) is 0 Å². The van der Waals surface area contributed by atoms with Crippen molar-refractivity contribution in [3.8, 4) is 22.5 Å². The van der Waals surface area contributed by atoms with E-state index in [0.29, 0.717) is 0 Å². The minimum atomic E-state index is 0.975. The number of para-hydroxylation sites is 2. The zero-order valence-electron chi connectivity index (χ0n) is 22.8. The molecule has 0 aliphatic heterocycles. The van der Waals surface area contributed by atoms with E-state index in [-0.39, 0.29) is 0 Å². The van der Waals surface area contributed by atoms with Gasteiger partial charge in [0.15, 0.2) is 0 Å². The summed E-state index contributed by atoms with van der Waals surface area (Å²) in [4.78, 5) is 4.79. The van der Waals surface area contributed by atoms with E-state index in [1.165, 1.54) is 54.8 Å². The minimum Gasteiger partial charge on any atom is -0.309 e. The number of hydrogen-bond donors (Lipinski definition) is 0. The van der Waals surface area contributed by atoms with Crippen molar-refractivity contribution in [1.29, 1.82) is 0 Å². The zero-order valence-corrected chi connectivity index (χ0v) is 22.8. The van der Waals surface area contributed by atoms with Gasteiger partial charge in [-0.25, -0.2) is 4.98 Å². The van der Waals surface area contributed by atoms with Gasteiger partial charge in [-0.1, -0.05) is 91.0 Å². The fraction of sp³-hybridized carbons (Fsp3) is 0. The van der Waals surface area contributed by atoms with E-state index in [2.05, 4.69) is 149 Å². The van der Waals surface area contributed by atoms with Crippen LogP contribution in [0.5, 0.6) is 0 Å². The number of aromatic nitrogens is 3. The SMILES string of the molecule is c1ccc(-n2c3cc(-c4ccc5c6ccccc6n(-c6ccc7ccccc7c6)c5c4)ccc3c3cccnc32)cc1. The lowest BCUT2D eigenvalue weighted by Crippen LogP contribution is -1.95. The topological polar surface area (TPSA) is 22.8 Å². The second-order valence-corrected chi connectivity index (χ2v) is 10.9. The number of rotatable bonds is 3. The van der Waals surface area contributed by atoms with Crippen LogP contribution in [-0.2, 0) is 0 Å². The predicted octanol–water partition coefficient (Wildman–Crippen LogP) is 10.1. The van der Waals surface area contributed by atoms with Crippen molar-refractivity contribution in [3.63, 3.8) is 0 Å². The standard InChI is InChI=1S/C39H25N3/c1-2-11-30(12-3-1)42-38-25-29(18-21-34(38)35-14-8-22-40-39(35)42)28-17-20-33-32-13-6-7-15-36(32)41(37(33)24-28)31-19-16-26-9-4-5-10-27(26)23-31/h1-25H. The highest BCUT2D eigenvalue weighted by Crippen LogP contribution is 2.38. The lowest BCUT2D eigenvalue weighted by Gasteiger charge is -2.11. The molecule has 3 aromatic heterocycles. The molecule has 3 heteroatoms. The fourth-order valence-electron chi connectivity index (χ4n) is 6.61. The maximum Gasteiger partial charge on any atom is 0.145 e. The van der Waals surface area contributed by atoms with Crippen molar-refractivity contribution in [1.82, 2.24) is 14.1 Å². The zero-order chi connectivity index (χ0) is 27.6. The number of pyridine rings is 1. The van der Waals surface area contributed by atoms with Gasteiger partial charge >= 0.3 is 0 Å². The number of benzene rings is 6. The molecule has 0 unspecified atom stereocenters. The van der Waals surface area contributed by atoms with Crippen LogP contribution in [0.25, 0.3) is 77.0 Å². The third kappa shape index (κ3) is 3.37. The summed E-state index contributed by atoms with van der Waals surface area (Å²) in [6, 6.07) is 52.4. The summed E-state index contributed by atoms with van der Waals surface area (Å²) < 4.78 is 4.68. The van der Waals surface area contributed by atoms with E-state index < -0.39 is 0 Å². The summed E-state index contributed by atoms with van der Waals surface area (Å²) in [5, 5.41) is 7.38. The third-order valence-corrected chi connectivity index (χ3v) is 8.54. The average molecular weight is 536 g/mol. The number of hydrogen-bond acceptors (Lipinski definition) is 1. The quantitative estimate of drug-likeness (QED) is 0.221. The Morgan fingerprint density at radius 1 is 0.381 bits per heavy atom. The molecule has 0 N–H and O–H groups in total. The molecule has 0 aliphatic carbocycles. The molecule has 6 aromatic carbocycles. The van der Waals surface area contributed by atoms with Gasteiger partial charge in [-0.15, -0.1) is 0 Å². The molecule has 0 fully saturated rings. The number of fused-ring (bicyclic) bond motifs is 7. The van der Waals surface area contributed by atoms with Gasteiger partial charge in [-0.05, 0) is 76.5 Å². The van der Waals surface area contributed by atoms with Gasteiger partial charge in [0.05, 0.1) is 16.6 Å². The Morgan fingerprint density at radius 3 is 1.86 bits per heavy atom. The third-order valence-electron chi connectivity index (χ3n) is 8.54. The van der Waals surface area contributed by atoms with Crippen LogP contribution in [0.3, 0.4) is 0 Å². The molecule has 42 heavy (non-hydrogen) atoms. The predicted molar refractivity (Wildman–Crippen MR) is 176 cm³/mol. The first-order valence-electron chi connectivity index (χ1n) is 14.3. The van der Waals surface area contributed by atoms with Crippen LogP contribution in [-0.4, -0.2) is 14.1 Å². The molecule has 0 bridgehead atoms. The molecule has 0 radical (unpaired) electrons. The van der Waals surface area contributed by atoms with Gasteiger partial charge in [0, 0.05) is 39.1 Å². The lowest BCUT2D eigenvalue weighted by atomic mass is 10.0. The van der Waals surface area contributed by atoms with Gasteiger partial charge in [-0.3, -0.25) is 4.57 Å². The van der Waals surface area contributed by atoms with E-state index in [4.69, 9.17) is 4.98 Å². The van der Waals surface area contributed by atoms with Crippen LogP contribution in [0, 0.1) is 0 Å². The first kappa shape index (κ1) is 23.1. The van der Waals surface area contributed by atoms with Crippen molar-refractivity contribution in [2.75, 3.05) is 0 Å². The molecule has 0 amide bonds. The molecule has 0 saturated carbocycles. The Bertz CT molecular complexity index is 2460. The van der Waals surface area contributed by atoms with E-state index >= 15 is 0 Å². The molecular formula is C39H25N3. The highest BCUT2D eigenvalue weighted by Gasteiger charge is 2.16. The molecule has 0 saturated heterocycles. The van der Waals surface area contributed by atoms with Crippen LogP contribution >= 0.6 is 0 Å². The Balaban J connectivity index is 1.30. The summed E-state index contributed by atoms with van der Waals surface area (Å²) >= 11 is 0. The van der Waals surface area contributed by atoms with Crippen molar-refractivity contribution >= 4 is 54.5 Å². The summed E-state index contributed by atoms with van der Waals surface area (Å²) in [6.45, 7) is 0. The van der Waals surface area contributed by atoms with Crippen LogP contribution < -0.4 is 0 Å². The van der Waals surface area contributed by atoms with Crippen LogP contribution in [0.1, 0.15) is 0 Å². The molecule has 0 spiro atoms. The normalized spacial score (nSPS) is 11.8. The number of nitrogens with zero attached hydrogens (tertiary/aromatic N) is 3. The lowest BCUT2D eigenvalue weighted by molar-refractivity contribution is 1.14. The van der Waals surface area contributed by atoms with E-state index in [1.807, 2.05) is 12.3 Å². The average Bonchev–Trinajstić information content (AvgIpc) is 3.57. The molecule has 9 aromatic rings. The van der Waals surface area contributed by atoms with Gasteiger partial charge in [0.1, 0.15) is 5.65 Å². The molecule has 0 atom stereocenters. The largest absolute Gasteiger partial charge is 0.309 e. The Morgan fingerprint density at radius 2 is 1.02 bits per heavy atom. The fourth-order valence-corrected chi connectivity index (χ4v) is 6.61. The first-order chi connectivity index (χ1) is 20.8. The smallest absolute Gasteiger partial charge is 0.145 e. The van der Waals surface area contributed by atoms with Crippen LogP contribution in [0.4, 0.5) is 0 Å². The summed E-state index contributed by atoms with van der Waals surface area (Å²) in [5.41, 5.74) is 9.19. The van der Waals surface area contributed by atoms with Crippen molar-refractivity contribution in [3.05, 3.63) is 152 Å². The molecule has 0 aliphatic rings. The second kappa shape index (κ2) is 8.92. The Labute approximate surface area is 242 Å². The Hall–Kier alpha value is -5.67. The Kier molecular flexibility index (Phi) is 4.90. The van der Waals surface area contributed by atoms with E-state index in [1.54, 1.807) is 0 Å². The molecule has 3 nitrogen and oxygen atoms in total. The molecular weight excluding hydrogens is 510 g/mol. The minimum absolute atomic E-state index is 0.975. The highest BCUT2D eigenvalue weighted by molar-refractivity contribution is 6.11. The highest BCUT2D eigenvalue weighted by atomic mass is 15.0. The summed E-state index contributed by atoms with van der Waals surface area (Å²) in [5.74, 6) is 0. The van der Waals surface area contributed by atoms with E-state index in [9.17, 15) is 0 Å². The van der Waals surface area contributed by atoms with E-state index in [0.717, 1.165) is 22.2 Å². The first-order valence-corrected chi connectivity index (χ1v) is 14.3. The molecule has 9 rings (SSSR count).